The fourth-order valence-corrected chi connectivity index (χ4v) is 2.20. The van der Waals surface area contributed by atoms with E-state index in [1.165, 1.54) is 0 Å². The third-order valence-electron chi connectivity index (χ3n) is 3.85. The lowest BCUT2D eigenvalue weighted by Gasteiger charge is -2.10. The smallest absolute Gasteiger partial charge is 0.160 e. The number of Topliss-reactive ketones (excluding diaryl/α,β-unsaturated/α-hetero) is 1. The number of aromatic nitrogens is 4. The predicted octanol–water partition coefficient (Wildman–Crippen LogP) is 2.42. The highest BCUT2D eigenvalue weighted by Gasteiger charge is 2.11. The Morgan fingerprint density at radius 3 is 2.33 bits per heavy atom. The first-order valence-electron chi connectivity index (χ1n) is 9.18. The molecular weight excluding hydrogens is 348 g/mol. The maximum Gasteiger partial charge on any atom is 0.160 e. The van der Waals surface area contributed by atoms with Crippen molar-refractivity contribution in [2.24, 2.45) is 5.92 Å². The number of ketones is 1. The third-order valence-corrected chi connectivity index (χ3v) is 3.85. The summed E-state index contributed by atoms with van der Waals surface area (Å²) in [5, 5.41) is 11.8. The second-order valence-corrected chi connectivity index (χ2v) is 6.73. The molecule has 0 saturated carbocycles. The van der Waals surface area contributed by atoms with Gasteiger partial charge in [0, 0.05) is 11.8 Å². The molecule has 1 aromatic heterocycles. The van der Waals surface area contributed by atoms with Gasteiger partial charge in [-0.1, -0.05) is 27.7 Å². The average Bonchev–Trinajstić information content (AvgIpc) is 3.14. The Balaban J connectivity index is 1.64. The molecule has 0 unspecified atom stereocenters. The SMILES string of the molecule is CC(C)C(=O)COCCOCCOc1ccc(-n2nnnc2C(C)C)cc1. The van der Waals surface area contributed by atoms with E-state index >= 15 is 0 Å². The summed E-state index contributed by atoms with van der Waals surface area (Å²) in [5.41, 5.74) is 0.889. The van der Waals surface area contributed by atoms with Gasteiger partial charge in [-0.05, 0) is 34.7 Å². The van der Waals surface area contributed by atoms with Crippen LogP contribution >= 0.6 is 0 Å². The molecule has 0 aliphatic heterocycles. The number of ether oxygens (including phenoxy) is 3. The quantitative estimate of drug-likeness (QED) is 0.526. The molecule has 2 rings (SSSR count). The summed E-state index contributed by atoms with van der Waals surface area (Å²) in [4.78, 5) is 11.4. The van der Waals surface area contributed by atoms with Gasteiger partial charge in [0.25, 0.3) is 0 Å². The van der Waals surface area contributed by atoms with Crippen molar-refractivity contribution in [1.82, 2.24) is 20.2 Å². The van der Waals surface area contributed by atoms with Crippen LogP contribution in [-0.4, -0.2) is 59.0 Å². The Morgan fingerprint density at radius 1 is 1.00 bits per heavy atom. The van der Waals surface area contributed by atoms with Crippen molar-refractivity contribution in [1.29, 1.82) is 0 Å². The second kappa shape index (κ2) is 10.7. The van der Waals surface area contributed by atoms with Gasteiger partial charge < -0.3 is 14.2 Å². The molecule has 27 heavy (non-hydrogen) atoms. The summed E-state index contributed by atoms with van der Waals surface area (Å²) in [6.07, 6.45) is 0. The van der Waals surface area contributed by atoms with Crippen LogP contribution in [-0.2, 0) is 14.3 Å². The van der Waals surface area contributed by atoms with E-state index in [9.17, 15) is 4.79 Å². The maximum atomic E-state index is 11.4. The number of carbonyl (C=O) groups excluding carboxylic acids is 1. The summed E-state index contributed by atoms with van der Waals surface area (Å²) < 4.78 is 18.1. The van der Waals surface area contributed by atoms with Gasteiger partial charge in [0.2, 0.25) is 0 Å². The van der Waals surface area contributed by atoms with Crippen molar-refractivity contribution >= 4 is 5.78 Å². The molecule has 0 atom stereocenters. The van der Waals surface area contributed by atoms with Crippen molar-refractivity contribution in [3.05, 3.63) is 30.1 Å². The Labute approximate surface area is 159 Å². The lowest BCUT2D eigenvalue weighted by molar-refractivity contribution is -0.127. The van der Waals surface area contributed by atoms with E-state index in [4.69, 9.17) is 14.2 Å². The highest BCUT2D eigenvalue weighted by Crippen LogP contribution is 2.18. The molecule has 2 aromatic rings. The van der Waals surface area contributed by atoms with Crippen LogP contribution in [0.15, 0.2) is 24.3 Å². The van der Waals surface area contributed by atoms with Crippen molar-refractivity contribution in [2.75, 3.05) is 33.0 Å². The highest BCUT2D eigenvalue weighted by atomic mass is 16.5. The molecule has 1 aromatic carbocycles. The van der Waals surface area contributed by atoms with Crippen molar-refractivity contribution in [3.63, 3.8) is 0 Å². The van der Waals surface area contributed by atoms with Gasteiger partial charge in [0.05, 0.1) is 25.5 Å². The monoisotopic (exact) mass is 376 g/mol. The van der Waals surface area contributed by atoms with Crippen LogP contribution in [0.1, 0.15) is 39.4 Å². The van der Waals surface area contributed by atoms with E-state index in [1.807, 2.05) is 52.0 Å². The Bertz CT molecular complexity index is 698. The van der Waals surface area contributed by atoms with Crippen LogP contribution in [0.3, 0.4) is 0 Å². The van der Waals surface area contributed by atoms with Crippen LogP contribution < -0.4 is 4.74 Å². The molecule has 148 valence electrons. The second-order valence-electron chi connectivity index (χ2n) is 6.73. The fourth-order valence-electron chi connectivity index (χ4n) is 2.20. The Hall–Kier alpha value is -2.32. The van der Waals surface area contributed by atoms with Gasteiger partial charge in [0.1, 0.15) is 19.0 Å². The van der Waals surface area contributed by atoms with Crippen molar-refractivity contribution in [3.8, 4) is 11.4 Å². The van der Waals surface area contributed by atoms with E-state index in [2.05, 4.69) is 15.5 Å². The van der Waals surface area contributed by atoms with E-state index in [-0.39, 0.29) is 24.2 Å². The molecule has 0 radical (unpaired) electrons. The van der Waals surface area contributed by atoms with E-state index in [1.54, 1.807) is 4.68 Å². The molecular formula is C19H28N4O4. The van der Waals surface area contributed by atoms with Gasteiger partial charge in [-0.25, -0.2) is 0 Å². The molecule has 0 saturated heterocycles. The molecule has 0 spiro atoms. The number of tetrazole rings is 1. The average molecular weight is 376 g/mol. The van der Waals surface area contributed by atoms with Gasteiger partial charge >= 0.3 is 0 Å². The number of rotatable bonds is 12. The number of carbonyl (C=O) groups is 1. The first kappa shape index (κ1) is 21.0. The third kappa shape index (κ3) is 6.73. The molecule has 0 amide bonds. The topological polar surface area (TPSA) is 88.4 Å². The first-order valence-corrected chi connectivity index (χ1v) is 9.18. The zero-order valence-electron chi connectivity index (χ0n) is 16.4. The van der Waals surface area contributed by atoms with Crippen LogP contribution in [0.5, 0.6) is 5.75 Å². The standard InChI is InChI=1S/C19H28N4O4/c1-14(2)18(24)13-26-10-9-25-11-12-27-17-7-5-16(6-8-17)23-19(15(3)4)20-21-22-23/h5-8,14-15H,9-13H2,1-4H3. The fraction of sp³-hybridized carbons (Fsp3) is 0.579. The summed E-state index contributed by atoms with van der Waals surface area (Å²) in [6, 6.07) is 7.58. The van der Waals surface area contributed by atoms with Crippen molar-refractivity contribution in [2.45, 2.75) is 33.6 Å². The molecule has 8 heteroatoms. The van der Waals surface area contributed by atoms with Gasteiger partial charge in [-0.3, -0.25) is 4.79 Å². The zero-order valence-corrected chi connectivity index (χ0v) is 16.4. The predicted molar refractivity (Wildman–Crippen MR) is 100 cm³/mol. The van der Waals surface area contributed by atoms with Crippen LogP contribution in [0, 0.1) is 5.92 Å². The number of hydrogen-bond donors (Lipinski definition) is 0. The normalized spacial score (nSPS) is 11.3. The lowest BCUT2D eigenvalue weighted by atomic mass is 10.1. The molecule has 1 heterocycles. The summed E-state index contributed by atoms with van der Waals surface area (Å²) >= 11 is 0. The number of hydrogen-bond acceptors (Lipinski definition) is 7. The van der Waals surface area contributed by atoms with Gasteiger partial charge in [-0.2, -0.15) is 4.68 Å². The maximum absolute atomic E-state index is 11.4. The summed E-state index contributed by atoms with van der Waals surface area (Å²) in [7, 11) is 0. The minimum absolute atomic E-state index is 0.00323. The lowest BCUT2D eigenvalue weighted by Crippen LogP contribution is -2.17. The van der Waals surface area contributed by atoms with E-state index < -0.39 is 0 Å². The highest BCUT2D eigenvalue weighted by molar-refractivity contribution is 5.81. The molecule has 8 nitrogen and oxygen atoms in total. The van der Waals surface area contributed by atoms with Crippen LogP contribution in [0.4, 0.5) is 0 Å². The van der Waals surface area contributed by atoms with Crippen molar-refractivity contribution < 1.29 is 19.0 Å². The minimum Gasteiger partial charge on any atom is -0.491 e. The first-order chi connectivity index (χ1) is 13.0. The molecule has 0 aliphatic rings. The van der Waals surface area contributed by atoms with Gasteiger partial charge in [-0.15, -0.1) is 5.10 Å². The zero-order chi connectivity index (χ0) is 19.6. The molecule has 0 fully saturated rings. The molecule has 0 bridgehead atoms. The van der Waals surface area contributed by atoms with Crippen LogP contribution in [0.2, 0.25) is 0 Å². The number of benzene rings is 1. The van der Waals surface area contributed by atoms with E-state index in [0.717, 1.165) is 17.3 Å². The van der Waals surface area contributed by atoms with E-state index in [0.29, 0.717) is 26.4 Å². The summed E-state index contributed by atoms with van der Waals surface area (Å²) in [5.74, 6) is 1.91. The Kier molecular flexibility index (Phi) is 8.35. The largest absolute Gasteiger partial charge is 0.491 e. The van der Waals surface area contributed by atoms with Gasteiger partial charge in [0.15, 0.2) is 11.6 Å². The molecule has 0 aliphatic carbocycles. The number of nitrogens with zero attached hydrogens (tertiary/aromatic N) is 4. The molecule has 0 N–H and O–H groups in total. The minimum atomic E-state index is 0.00323. The summed E-state index contributed by atoms with van der Waals surface area (Å²) in [6.45, 7) is 9.68. The Morgan fingerprint density at radius 2 is 1.67 bits per heavy atom. The van der Waals surface area contributed by atoms with Crippen LogP contribution in [0.25, 0.3) is 5.69 Å².